The van der Waals surface area contributed by atoms with Crippen molar-refractivity contribution in [1.29, 1.82) is 5.26 Å². The van der Waals surface area contributed by atoms with Gasteiger partial charge in [-0.15, -0.1) is 0 Å². The molecule has 0 aliphatic heterocycles. The standard InChI is InChI=1S/C8H9N3O4S2/c9-4-5-16(12,13)11-7-2-1-3-8(6-7)17(10,14)15/h1-3,6,11H,5H2,(H2,10,14,15). The molecule has 9 heteroatoms. The van der Waals surface area contributed by atoms with Crippen molar-refractivity contribution in [3.63, 3.8) is 0 Å². The summed E-state index contributed by atoms with van der Waals surface area (Å²) in [5.74, 6) is -0.716. The first-order valence-electron chi connectivity index (χ1n) is 4.25. The predicted octanol–water partition coefficient (Wildman–Crippen LogP) is -0.401. The van der Waals surface area contributed by atoms with Gasteiger partial charge in [0.25, 0.3) is 0 Å². The molecule has 0 radical (unpaired) electrons. The molecule has 0 fully saturated rings. The highest BCUT2D eigenvalue weighted by molar-refractivity contribution is 7.92. The Hall–Kier alpha value is -1.63. The van der Waals surface area contributed by atoms with Crippen molar-refractivity contribution >= 4 is 25.7 Å². The maximum Gasteiger partial charge on any atom is 0.246 e. The van der Waals surface area contributed by atoms with E-state index < -0.39 is 25.8 Å². The molecule has 3 N–H and O–H groups in total. The third-order valence-corrected chi connectivity index (χ3v) is 3.66. The first-order chi connectivity index (χ1) is 7.74. The molecule has 1 rings (SSSR count). The van der Waals surface area contributed by atoms with E-state index in [1.165, 1.54) is 24.3 Å². The normalized spacial score (nSPS) is 11.8. The van der Waals surface area contributed by atoms with Crippen LogP contribution in [0.3, 0.4) is 0 Å². The van der Waals surface area contributed by atoms with Crippen LogP contribution in [0.4, 0.5) is 5.69 Å². The maximum absolute atomic E-state index is 11.2. The lowest BCUT2D eigenvalue weighted by Gasteiger charge is -2.06. The number of rotatable bonds is 4. The summed E-state index contributed by atoms with van der Waals surface area (Å²) in [6.45, 7) is 0. The summed E-state index contributed by atoms with van der Waals surface area (Å²) in [6.07, 6.45) is 0. The first kappa shape index (κ1) is 13.4. The Morgan fingerprint density at radius 2 is 1.94 bits per heavy atom. The molecule has 0 aromatic heterocycles. The van der Waals surface area contributed by atoms with Gasteiger partial charge in [-0.1, -0.05) is 6.07 Å². The minimum atomic E-state index is -3.89. The number of primary sulfonamides is 1. The van der Waals surface area contributed by atoms with Crippen LogP contribution in [0.2, 0.25) is 0 Å². The number of sulfonamides is 2. The molecule has 0 saturated heterocycles. The van der Waals surface area contributed by atoms with Gasteiger partial charge in [0, 0.05) is 5.69 Å². The van der Waals surface area contributed by atoms with Crippen LogP contribution >= 0.6 is 0 Å². The van der Waals surface area contributed by atoms with Crippen LogP contribution in [0.1, 0.15) is 0 Å². The lowest BCUT2D eigenvalue weighted by molar-refractivity contribution is 0.597. The van der Waals surface area contributed by atoms with E-state index in [1.807, 2.05) is 0 Å². The quantitative estimate of drug-likeness (QED) is 0.772. The number of hydrogen-bond donors (Lipinski definition) is 2. The van der Waals surface area contributed by atoms with Crippen LogP contribution in [0.25, 0.3) is 0 Å². The van der Waals surface area contributed by atoms with E-state index >= 15 is 0 Å². The number of nitrogens with zero attached hydrogens (tertiary/aromatic N) is 1. The van der Waals surface area contributed by atoms with Crippen LogP contribution in [-0.2, 0) is 20.0 Å². The minimum absolute atomic E-state index is 0.0341. The lowest BCUT2D eigenvalue weighted by atomic mass is 10.3. The summed E-state index contributed by atoms with van der Waals surface area (Å²) in [5, 5.41) is 13.2. The van der Waals surface area contributed by atoms with Crippen LogP contribution in [0.15, 0.2) is 29.2 Å². The summed E-state index contributed by atoms with van der Waals surface area (Å²) in [5.41, 5.74) is 0.0341. The Bertz CT molecular complexity index is 658. The molecule has 0 amide bonds. The second-order valence-corrected chi connectivity index (χ2v) is 6.38. The van der Waals surface area contributed by atoms with Gasteiger partial charge in [-0.25, -0.2) is 22.0 Å². The predicted molar refractivity (Wildman–Crippen MR) is 60.8 cm³/mol. The highest BCUT2D eigenvalue weighted by Gasteiger charge is 2.12. The van der Waals surface area contributed by atoms with Crippen LogP contribution in [0, 0.1) is 11.3 Å². The summed E-state index contributed by atoms with van der Waals surface area (Å²) < 4.78 is 46.6. The molecule has 7 nitrogen and oxygen atoms in total. The van der Waals surface area contributed by atoms with E-state index in [9.17, 15) is 16.8 Å². The van der Waals surface area contributed by atoms with E-state index in [0.29, 0.717) is 0 Å². The van der Waals surface area contributed by atoms with Crippen molar-refractivity contribution < 1.29 is 16.8 Å². The Morgan fingerprint density at radius 3 is 2.47 bits per heavy atom. The number of nitrogens with one attached hydrogen (secondary N) is 1. The molecule has 0 bridgehead atoms. The largest absolute Gasteiger partial charge is 0.283 e. The Kier molecular flexibility index (Phi) is 3.72. The number of anilines is 1. The monoisotopic (exact) mass is 275 g/mol. The summed E-state index contributed by atoms with van der Waals surface area (Å²) >= 11 is 0. The first-order valence-corrected chi connectivity index (χ1v) is 7.45. The number of hydrogen-bond acceptors (Lipinski definition) is 5. The zero-order valence-corrected chi connectivity index (χ0v) is 10.1. The SMILES string of the molecule is N#CCS(=O)(=O)Nc1cccc(S(N)(=O)=O)c1. The summed E-state index contributed by atoms with van der Waals surface area (Å²) in [6, 6.07) is 6.47. The van der Waals surface area contributed by atoms with Gasteiger partial charge in [-0.2, -0.15) is 5.26 Å². The zero-order chi connectivity index (χ0) is 13.1. The molecule has 0 aliphatic carbocycles. The highest BCUT2D eigenvalue weighted by Crippen LogP contribution is 2.15. The second kappa shape index (κ2) is 4.70. The average molecular weight is 275 g/mol. The van der Waals surface area contributed by atoms with Crippen molar-refractivity contribution in [1.82, 2.24) is 0 Å². The molecule has 17 heavy (non-hydrogen) atoms. The molecule has 1 aromatic carbocycles. The molecule has 0 atom stereocenters. The van der Waals surface area contributed by atoms with E-state index in [-0.39, 0.29) is 10.6 Å². The van der Waals surface area contributed by atoms with Gasteiger partial charge < -0.3 is 0 Å². The molecule has 0 heterocycles. The minimum Gasteiger partial charge on any atom is -0.283 e. The van der Waals surface area contributed by atoms with Gasteiger partial charge in [-0.05, 0) is 18.2 Å². The number of nitriles is 1. The van der Waals surface area contributed by atoms with Crippen molar-refractivity contribution in [2.75, 3.05) is 10.5 Å². The van der Waals surface area contributed by atoms with E-state index in [4.69, 9.17) is 10.4 Å². The van der Waals surface area contributed by atoms with Gasteiger partial charge in [-0.3, -0.25) is 4.72 Å². The third kappa shape index (κ3) is 4.03. The van der Waals surface area contributed by atoms with Crippen LogP contribution < -0.4 is 9.86 Å². The summed E-state index contributed by atoms with van der Waals surface area (Å²) in [7, 11) is -7.69. The average Bonchev–Trinajstić information content (AvgIpc) is 2.15. The molecule has 0 spiro atoms. The van der Waals surface area contributed by atoms with Gasteiger partial charge in [0.05, 0.1) is 11.0 Å². The fourth-order valence-corrected chi connectivity index (χ4v) is 2.32. The molecule has 0 saturated carbocycles. The molecular weight excluding hydrogens is 266 g/mol. The smallest absolute Gasteiger partial charge is 0.246 e. The third-order valence-electron chi connectivity index (χ3n) is 1.69. The molecule has 1 aromatic rings. The zero-order valence-electron chi connectivity index (χ0n) is 8.49. The number of benzene rings is 1. The van der Waals surface area contributed by atoms with Gasteiger partial charge in [0.15, 0.2) is 5.75 Å². The molecule has 92 valence electrons. The Balaban J connectivity index is 3.08. The fourth-order valence-electron chi connectivity index (χ4n) is 1.04. The Labute approximate surface area is 99.0 Å². The van der Waals surface area contributed by atoms with Crippen molar-refractivity contribution in [2.45, 2.75) is 4.90 Å². The number of nitrogens with two attached hydrogens (primary N) is 1. The maximum atomic E-state index is 11.2. The molecular formula is C8H9N3O4S2. The van der Waals surface area contributed by atoms with E-state index in [2.05, 4.69) is 4.72 Å². The Morgan fingerprint density at radius 1 is 1.29 bits per heavy atom. The second-order valence-electron chi connectivity index (χ2n) is 3.09. The van der Waals surface area contributed by atoms with Crippen molar-refractivity contribution in [3.8, 4) is 6.07 Å². The topological polar surface area (TPSA) is 130 Å². The fraction of sp³-hybridized carbons (Fsp3) is 0.125. The summed E-state index contributed by atoms with van der Waals surface area (Å²) in [4.78, 5) is -0.213. The van der Waals surface area contributed by atoms with Gasteiger partial charge in [0.2, 0.25) is 20.0 Å². The van der Waals surface area contributed by atoms with E-state index in [0.717, 1.165) is 6.07 Å². The highest BCUT2D eigenvalue weighted by atomic mass is 32.2. The molecule has 0 aliphatic rings. The van der Waals surface area contributed by atoms with E-state index in [1.54, 1.807) is 0 Å². The van der Waals surface area contributed by atoms with Crippen molar-refractivity contribution in [3.05, 3.63) is 24.3 Å². The van der Waals surface area contributed by atoms with Crippen molar-refractivity contribution in [2.24, 2.45) is 5.14 Å². The van der Waals surface area contributed by atoms with Crippen LogP contribution in [-0.4, -0.2) is 22.6 Å². The lowest BCUT2D eigenvalue weighted by Crippen LogP contribution is -2.17. The van der Waals surface area contributed by atoms with Gasteiger partial charge in [0.1, 0.15) is 0 Å². The van der Waals surface area contributed by atoms with Crippen LogP contribution in [0.5, 0.6) is 0 Å². The van der Waals surface area contributed by atoms with Gasteiger partial charge >= 0.3 is 0 Å². The molecule has 0 unspecified atom stereocenters.